The van der Waals surface area contributed by atoms with Crippen LogP contribution in [-0.2, 0) is 4.79 Å². The van der Waals surface area contributed by atoms with Crippen LogP contribution in [0.3, 0.4) is 0 Å². The smallest absolute Gasteiger partial charge is 0.253 e. The zero-order valence-corrected chi connectivity index (χ0v) is 18.3. The van der Waals surface area contributed by atoms with Crippen LogP contribution in [0.15, 0.2) is 61.2 Å². The fourth-order valence-electron chi connectivity index (χ4n) is 3.72. The quantitative estimate of drug-likeness (QED) is 0.625. The second kappa shape index (κ2) is 10.9. The molecule has 0 bridgehead atoms. The van der Waals surface area contributed by atoms with Gasteiger partial charge in [0.1, 0.15) is 11.9 Å². The topological polar surface area (TPSA) is 78.5 Å². The Morgan fingerprint density at radius 2 is 1.66 bits per heavy atom. The lowest BCUT2D eigenvalue weighted by Gasteiger charge is -2.35. The first kappa shape index (κ1) is 23.5. The lowest BCUT2D eigenvalue weighted by Crippen LogP contribution is -2.53. The summed E-state index contributed by atoms with van der Waals surface area (Å²) in [6.45, 7) is 4.79. The van der Waals surface area contributed by atoms with E-state index >= 15 is 0 Å². The van der Waals surface area contributed by atoms with Crippen LogP contribution in [0.2, 0.25) is 5.02 Å². The highest BCUT2D eigenvalue weighted by atomic mass is 35.5. The molecule has 1 heterocycles. The third-order valence-corrected chi connectivity index (χ3v) is 5.74. The molecule has 0 saturated carbocycles. The maximum absolute atomic E-state index is 13.2. The average molecular weight is 458 g/mol. The molecule has 1 aliphatic heterocycles. The Labute approximate surface area is 191 Å². The Bertz CT molecular complexity index is 971. The SMILES string of the molecule is C=CCNC(=O)C(NC(=O)c1ccc(F)cc1)C1CCN(C(=O)c2ccc(Cl)cc2)CC1. The van der Waals surface area contributed by atoms with Gasteiger partial charge in [0.15, 0.2) is 0 Å². The predicted octanol–water partition coefficient (Wildman–Crippen LogP) is 3.43. The molecule has 32 heavy (non-hydrogen) atoms. The van der Waals surface area contributed by atoms with Crippen molar-refractivity contribution >= 4 is 29.3 Å². The summed E-state index contributed by atoms with van der Waals surface area (Å²) in [5.41, 5.74) is 0.820. The molecular weight excluding hydrogens is 433 g/mol. The molecule has 2 aromatic rings. The number of benzene rings is 2. The van der Waals surface area contributed by atoms with E-state index in [1.54, 1.807) is 35.2 Å². The number of nitrogens with zero attached hydrogens (tertiary/aromatic N) is 1. The van der Waals surface area contributed by atoms with E-state index in [1.165, 1.54) is 24.3 Å². The summed E-state index contributed by atoms with van der Waals surface area (Å²) in [4.78, 5) is 39.9. The molecule has 3 amide bonds. The largest absolute Gasteiger partial charge is 0.351 e. The fourth-order valence-corrected chi connectivity index (χ4v) is 3.84. The second-order valence-corrected chi connectivity index (χ2v) is 8.06. The maximum Gasteiger partial charge on any atom is 0.253 e. The van der Waals surface area contributed by atoms with Crippen molar-refractivity contribution < 1.29 is 18.8 Å². The van der Waals surface area contributed by atoms with Gasteiger partial charge in [0.05, 0.1) is 0 Å². The van der Waals surface area contributed by atoms with Gasteiger partial charge < -0.3 is 15.5 Å². The Hall–Kier alpha value is -3.19. The number of hydrogen-bond acceptors (Lipinski definition) is 3. The molecule has 0 spiro atoms. The zero-order chi connectivity index (χ0) is 23.1. The first-order chi connectivity index (χ1) is 15.4. The minimum atomic E-state index is -0.778. The van der Waals surface area contributed by atoms with Crippen LogP contribution >= 0.6 is 11.6 Å². The molecule has 2 N–H and O–H groups in total. The van der Waals surface area contributed by atoms with Crippen molar-refractivity contribution in [1.82, 2.24) is 15.5 Å². The Balaban J connectivity index is 1.67. The van der Waals surface area contributed by atoms with Crippen molar-refractivity contribution in [3.05, 3.63) is 83.2 Å². The molecule has 3 rings (SSSR count). The minimum Gasteiger partial charge on any atom is -0.351 e. The van der Waals surface area contributed by atoms with E-state index in [0.717, 1.165) is 0 Å². The summed E-state index contributed by atoms with van der Waals surface area (Å²) in [6, 6.07) is 11.1. The van der Waals surface area contributed by atoms with Crippen molar-refractivity contribution in [3.63, 3.8) is 0 Å². The lowest BCUT2D eigenvalue weighted by molar-refractivity contribution is -0.124. The van der Waals surface area contributed by atoms with Crippen LogP contribution in [0.5, 0.6) is 0 Å². The van der Waals surface area contributed by atoms with Gasteiger partial charge in [-0.25, -0.2) is 4.39 Å². The number of nitrogens with one attached hydrogen (secondary N) is 2. The van der Waals surface area contributed by atoms with E-state index in [1.807, 2.05) is 0 Å². The highest BCUT2D eigenvalue weighted by Gasteiger charge is 2.34. The molecule has 168 valence electrons. The first-order valence-corrected chi connectivity index (χ1v) is 10.8. The number of amides is 3. The average Bonchev–Trinajstić information content (AvgIpc) is 2.81. The summed E-state index contributed by atoms with van der Waals surface area (Å²) in [5, 5.41) is 6.08. The molecule has 1 aliphatic rings. The first-order valence-electron chi connectivity index (χ1n) is 10.4. The molecule has 2 aromatic carbocycles. The Morgan fingerprint density at radius 1 is 1.06 bits per heavy atom. The molecule has 1 atom stereocenters. The minimum absolute atomic E-state index is 0.0943. The van der Waals surface area contributed by atoms with Gasteiger partial charge in [-0.05, 0) is 67.3 Å². The molecular formula is C24H25ClFN3O3. The summed E-state index contributed by atoms with van der Waals surface area (Å²) in [7, 11) is 0. The van der Waals surface area contributed by atoms with Crippen LogP contribution in [0.4, 0.5) is 4.39 Å². The van der Waals surface area contributed by atoms with Gasteiger partial charge in [0.2, 0.25) is 5.91 Å². The van der Waals surface area contributed by atoms with Crippen LogP contribution in [0.25, 0.3) is 0 Å². The standard InChI is InChI=1S/C24H25ClFN3O3/c1-2-13-27-23(31)21(28-22(30)17-5-9-20(26)10-6-17)16-11-14-29(15-12-16)24(32)18-3-7-19(25)8-4-18/h2-10,16,21H,1,11-15H2,(H,27,31)(H,28,30). The summed E-state index contributed by atoms with van der Waals surface area (Å²) in [6.07, 6.45) is 2.66. The molecule has 0 radical (unpaired) electrons. The number of carbonyl (C=O) groups is 3. The summed E-state index contributed by atoms with van der Waals surface area (Å²) >= 11 is 5.89. The third-order valence-electron chi connectivity index (χ3n) is 5.49. The normalized spacial score (nSPS) is 15.0. The molecule has 1 saturated heterocycles. The van der Waals surface area contributed by atoms with Crippen LogP contribution in [-0.4, -0.2) is 48.3 Å². The van der Waals surface area contributed by atoms with Crippen molar-refractivity contribution in [2.75, 3.05) is 19.6 Å². The van der Waals surface area contributed by atoms with Gasteiger partial charge in [0.25, 0.3) is 11.8 Å². The summed E-state index contributed by atoms with van der Waals surface area (Å²) < 4.78 is 13.2. The second-order valence-electron chi connectivity index (χ2n) is 7.63. The number of rotatable bonds is 7. The van der Waals surface area contributed by atoms with E-state index in [9.17, 15) is 18.8 Å². The van der Waals surface area contributed by atoms with Gasteiger partial charge in [-0.2, -0.15) is 0 Å². The van der Waals surface area contributed by atoms with Crippen molar-refractivity contribution in [1.29, 1.82) is 0 Å². The zero-order valence-electron chi connectivity index (χ0n) is 17.5. The van der Waals surface area contributed by atoms with E-state index in [0.29, 0.717) is 36.5 Å². The lowest BCUT2D eigenvalue weighted by atomic mass is 9.88. The van der Waals surface area contributed by atoms with Gasteiger partial charge in [-0.3, -0.25) is 14.4 Å². The highest BCUT2D eigenvalue weighted by molar-refractivity contribution is 6.30. The predicted molar refractivity (Wildman–Crippen MR) is 121 cm³/mol. The third kappa shape index (κ3) is 5.95. The fraction of sp³-hybridized carbons (Fsp3) is 0.292. The molecule has 6 nitrogen and oxygen atoms in total. The number of likely N-dealkylation sites (tertiary alicyclic amines) is 1. The van der Waals surface area contributed by atoms with E-state index in [4.69, 9.17) is 11.6 Å². The number of piperidine rings is 1. The van der Waals surface area contributed by atoms with Gasteiger partial charge >= 0.3 is 0 Å². The van der Waals surface area contributed by atoms with Gasteiger partial charge in [-0.15, -0.1) is 6.58 Å². The molecule has 1 fully saturated rings. The van der Waals surface area contributed by atoms with Crippen LogP contribution < -0.4 is 10.6 Å². The maximum atomic E-state index is 13.2. The molecule has 1 unspecified atom stereocenters. The highest BCUT2D eigenvalue weighted by Crippen LogP contribution is 2.23. The van der Waals surface area contributed by atoms with Crippen molar-refractivity contribution in [3.8, 4) is 0 Å². The molecule has 0 aliphatic carbocycles. The van der Waals surface area contributed by atoms with Crippen molar-refractivity contribution in [2.24, 2.45) is 5.92 Å². The molecule has 0 aromatic heterocycles. The number of halogens is 2. The molecule has 8 heteroatoms. The van der Waals surface area contributed by atoms with E-state index in [-0.39, 0.29) is 29.8 Å². The Morgan fingerprint density at radius 3 is 2.25 bits per heavy atom. The Kier molecular flexibility index (Phi) is 8.00. The van der Waals surface area contributed by atoms with E-state index < -0.39 is 17.8 Å². The van der Waals surface area contributed by atoms with Crippen LogP contribution in [0.1, 0.15) is 33.6 Å². The monoisotopic (exact) mass is 457 g/mol. The van der Waals surface area contributed by atoms with Gasteiger partial charge in [-0.1, -0.05) is 17.7 Å². The van der Waals surface area contributed by atoms with Crippen LogP contribution in [0, 0.1) is 11.7 Å². The number of hydrogen-bond donors (Lipinski definition) is 2. The number of carbonyl (C=O) groups excluding carboxylic acids is 3. The summed E-state index contributed by atoms with van der Waals surface area (Å²) in [5.74, 6) is -1.47. The van der Waals surface area contributed by atoms with E-state index in [2.05, 4.69) is 17.2 Å². The van der Waals surface area contributed by atoms with Gasteiger partial charge in [0, 0.05) is 35.8 Å². The van der Waals surface area contributed by atoms with Crippen molar-refractivity contribution in [2.45, 2.75) is 18.9 Å².